The van der Waals surface area contributed by atoms with Gasteiger partial charge in [0, 0.05) is 12.8 Å². The average Bonchev–Trinajstić information content (AvgIpc) is 3.91. The lowest BCUT2D eigenvalue weighted by molar-refractivity contribution is -0.870. The van der Waals surface area contributed by atoms with Gasteiger partial charge in [0.05, 0.1) is 40.0 Å². The third kappa shape index (κ3) is 35.3. The lowest BCUT2D eigenvalue weighted by atomic mass is 10.1. The molecule has 1 heterocycles. The van der Waals surface area contributed by atoms with Gasteiger partial charge >= 0.3 is 11.9 Å². The Hall–Kier alpha value is -2.33. The van der Waals surface area contributed by atoms with Crippen LogP contribution in [0.5, 0.6) is 0 Å². The number of nitrogens with zero attached hydrogens (tertiary/aromatic N) is 1. The summed E-state index contributed by atoms with van der Waals surface area (Å²) >= 11 is 0. The molecule has 0 radical (unpaired) electrons. The van der Waals surface area contributed by atoms with Crippen LogP contribution in [0.2, 0.25) is 0 Å². The van der Waals surface area contributed by atoms with Gasteiger partial charge in [0.25, 0.3) is 7.82 Å². The summed E-state index contributed by atoms with van der Waals surface area (Å²) in [6.45, 7) is 4.01. The number of phosphoric ester groups is 1. The van der Waals surface area contributed by atoms with Gasteiger partial charge in [-0.2, -0.15) is 0 Å². The van der Waals surface area contributed by atoms with E-state index in [0.717, 1.165) is 89.9 Å². The van der Waals surface area contributed by atoms with Crippen molar-refractivity contribution in [2.45, 2.75) is 173 Å². The predicted molar refractivity (Wildman–Crippen MR) is 231 cm³/mol. The molecule has 1 saturated heterocycles. The van der Waals surface area contributed by atoms with E-state index >= 15 is 0 Å². The molecule has 11 heteroatoms. The van der Waals surface area contributed by atoms with Gasteiger partial charge in [-0.1, -0.05) is 126 Å². The molecule has 0 saturated carbocycles. The van der Waals surface area contributed by atoms with Crippen molar-refractivity contribution in [2.75, 3.05) is 47.5 Å². The molecule has 1 aliphatic rings. The fraction of sp³-hybridized carbons (Fsp3) is 0.739. The van der Waals surface area contributed by atoms with Crippen LogP contribution in [0.3, 0.4) is 0 Å². The number of phosphoric acid groups is 1. The van der Waals surface area contributed by atoms with Gasteiger partial charge in [-0.25, -0.2) is 0 Å². The van der Waals surface area contributed by atoms with Crippen LogP contribution in [0.15, 0.2) is 60.8 Å². The Bertz CT molecular complexity index is 1220. The first-order valence-corrected chi connectivity index (χ1v) is 23.6. The number of allylic oxidation sites excluding steroid dienone is 9. The third-order valence-corrected chi connectivity index (χ3v) is 10.4. The Morgan fingerprint density at radius 1 is 0.667 bits per heavy atom. The maximum absolute atomic E-state index is 12.7. The van der Waals surface area contributed by atoms with Crippen molar-refractivity contribution in [3.05, 3.63) is 60.8 Å². The molecule has 0 bridgehead atoms. The number of hydrogen-bond donors (Lipinski definition) is 0. The highest BCUT2D eigenvalue weighted by atomic mass is 31.2. The second kappa shape index (κ2) is 34.5. The first kappa shape index (κ1) is 52.7. The monoisotopic (exact) mass is 822 g/mol. The largest absolute Gasteiger partial charge is 0.756 e. The highest BCUT2D eigenvalue weighted by molar-refractivity contribution is 7.45. The molecule has 0 aromatic heterocycles. The van der Waals surface area contributed by atoms with Crippen molar-refractivity contribution in [1.82, 2.24) is 0 Å². The number of ether oxygens (including phenoxy) is 3. The number of hydrogen-bond acceptors (Lipinski definition) is 9. The summed E-state index contributed by atoms with van der Waals surface area (Å²) in [6, 6.07) is 0. The van der Waals surface area contributed by atoms with Crippen LogP contribution in [-0.2, 0) is 37.4 Å². The van der Waals surface area contributed by atoms with Crippen molar-refractivity contribution in [1.29, 1.82) is 0 Å². The van der Waals surface area contributed by atoms with Crippen LogP contribution in [0.1, 0.15) is 155 Å². The van der Waals surface area contributed by atoms with E-state index in [1.807, 2.05) is 21.1 Å². The van der Waals surface area contributed by atoms with Gasteiger partial charge in [-0.05, 0) is 77.0 Å². The summed E-state index contributed by atoms with van der Waals surface area (Å²) in [4.78, 5) is 37.6. The van der Waals surface area contributed by atoms with E-state index in [1.54, 1.807) is 0 Å². The lowest BCUT2D eigenvalue weighted by Gasteiger charge is -2.28. The van der Waals surface area contributed by atoms with Gasteiger partial charge in [0.2, 0.25) is 0 Å². The van der Waals surface area contributed by atoms with Crippen LogP contribution in [0, 0.1) is 0 Å². The number of unbranched alkanes of at least 4 members (excludes halogenated alkanes) is 11. The zero-order valence-electron chi connectivity index (χ0n) is 36.5. The van der Waals surface area contributed by atoms with Crippen LogP contribution in [0.4, 0.5) is 0 Å². The van der Waals surface area contributed by atoms with Crippen molar-refractivity contribution >= 4 is 19.8 Å². The van der Waals surface area contributed by atoms with Crippen LogP contribution >= 0.6 is 7.82 Å². The predicted octanol–water partition coefficient (Wildman–Crippen LogP) is 10.8. The van der Waals surface area contributed by atoms with Crippen molar-refractivity contribution in [2.24, 2.45) is 0 Å². The third-order valence-electron chi connectivity index (χ3n) is 9.45. The molecule has 0 amide bonds. The quantitative estimate of drug-likeness (QED) is 0.0149. The smallest absolute Gasteiger partial charge is 0.306 e. The van der Waals surface area contributed by atoms with Gasteiger partial charge < -0.3 is 32.6 Å². The maximum atomic E-state index is 12.7. The fourth-order valence-electron chi connectivity index (χ4n) is 5.89. The summed E-state index contributed by atoms with van der Waals surface area (Å²) in [5, 5.41) is 0. The molecular formula is C46H80NO9P. The Kier molecular flexibility index (Phi) is 31.9. The number of quaternary nitrogens is 1. The molecule has 0 aromatic carbocycles. The number of carbonyl (C=O) groups is 2. The lowest BCUT2D eigenvalue weighted by Crippen LogP contribution is -2.37. The molecule has 10 nitrogen and oxygen atoms in total. The summed E-state index contributed by atoms with van der Waals surface area (Å²) in [5.74, 6) is -0.889. The molecule has 3 unspecified atom stereocenters. The zero-order chi connectivity index (χ0) is 41.9. The molecule has 4 atom stereocenters. The molecule has 1 fully saturated rings. The molecular weight excluding hydrogens is 741 g/mol. The van der Waals surface area contributed by atoms with Crippen LogP contribution < -0.4 is 4.89 Å². The van der Waals surface area contributed by atoms with E-state index in [9.17, 15) is 19.0 Å². The average molecular weight is 822 g/mol. The second-order valence-electron chi connectivity index (χ2n) is 16.1. The van der Waals surface area contributed by atoms with E-state index in [2.05, 4.69) is 74.6 Å². The van der Waals surface area contributed by atoms with Gasteiger partial charge in [-0.15, -0.1) is 0 Å². The van der Waals surface area contributed by atoms with Crippen LogP contribution in [0.25, 0.3) is 0 Å². The van der Waals surface area contributed by atoms with Gasteiger partial charge in [0.1, 0.15) is 19.8 Å². The first-order chi connectivity index (χ1) is 27.5. The van der Waals surface area contributed by atoms with E-state index in [1.165, 1.54) is 25.7 Å². The Morgan fingerprint density at radius 3 is 1.84 bits per heavy atom. The van der Waals surface area contributed by atoms with Crippen molar-refractivity contribution < 1.29 is 46.8 Å². The van der Waals surface area contributed by atoms with E-state index < -0.39 is 32.5 Å². The number of carbonyl (C=O) groups excluding carboxylic acids is 2. The van der Waals surface area contributed by atoms with Gasteiger partial charge in [0.15, 0.2) is 6.10 Å². The topological polar surface area (TPSA) is 124 Å². The molecule has 0 spiro atoms. The zero-order valence-corrected chi connectivity index (χ0v) is 37.4. The normalized spacial score (nSPS) is 17.7. The SMILES string of the molecule is CC/C=C\C/C=C\C/C=C\C/C=C\CCCCCCC(=O)O[C@H](COC(=O)CCCCCCC/C=C\CC1OC1CCCCC)COP(=O)([O-])OCC[N+](C)(C)C. The molecule has 328 valence electrons. The van der Waals surface area contributed by atoms with Gasteiger partial charge in [-0.3, -0.25) is 14.2 Å². The number of likely N-dealkylation sites (N-methyl/N-ethyl adjacent to an activating group) is 1. The number of rotatable bonds is 38. The minimum absolute atomic E-state index is 0.0435. The maximum Gasteiger partial charge on any atom is 0.306 e. The van der Waals surface area contributed by atoms with E-state index in [4.69, 9.17) is 23.3 Å². The Morgan fingerprint density at radius 2 is 1.23 bits per heavy atom. The summed E-state index contributed by atoms with van der Waals surface area (Å²) in [5.41, 5.74) is 0. The minimum atomic E-state index is -4.64. The number of epoxide rings is 1. The highest BCUT2D eigenvalue weighted by Gasteiger charge is 2.36. The second-order valence-corrected chi connectivity index (χ2v) is 17.5. The van der Waals surface area contributed by atoms with Crippen molar-refractivity contribution in [3.8, 4) is 0 Å². The highest BCUT2D eigenvalue weighted by Crippen LogP contribution is 2.38. The standard InChI is InChI=1S/C46H80NO9P/c1-6-8-10-11-12-13-14-15-16-17-18-19-20-21-26-29-33-37-46(49)55-42(41-54-57(50,51)53-39-38-47(3,4)5)40-52-45(48)36-32-28-25-23-22-24-27-31-35-44-43(56-44)34-30-9-7-2/h8,10,12-13,15-16,18-19,27,31,42-44H,6-7,9,11,14,17,20-26,28-30,32-41H2,1-5H3/b10-8-,13-12-,16-15-,19-18-,31-27-/t42-,43?,44?/m1/s1. The van der Waals surface area contributed by atoms with Crippen molar-refractivity contribution in [3.63, 3.8) is 0 Å². The Labute approximate surface area is 347 Å². The molecule has 1 rings (SSSR count). The summed E-state index contributed by atoms with van der Waals surface area (Å²) in [6.07, 6.45) is 42.7. The van der Waals surface area contributed by atoms with E-state index in [0.29, 0.717) is 36.1 Å². The first-order valence-electron chi connectivity index (χ1n) is 22.1. The molecule has 0 aromatic rings. The molecule has 0 aliphatic carbocycles. The fourth-order valence-corrected chi connectivity index (χ4v) is 6.61. The molecule has 1 aliphatic heterocycles. The molecule has 0 N–H and O–H groups in total. The summed E-state index contributed by atoms with van der Waals surface area (Å²) < 4.78 is 39.6. The van der Waals surface area contributed by atoms with Crippen LogP contribution in [-0.4, -0.2) is 82.2 Å². The molecule has 57 heavy (non-hydrogen) atoms. The Balaban J connectivity index is 2.31. The minimum Gasteiger partial charge on any atom is -0.756 e. The van der Waals surface area contributed by atoms with E-state index in [-0.39, 0.29) is 26.1 Å². The number of esters is 2. The summed E-state index contributed by atoms with van der Waals surface area (Å²) in [7, 11) is 1.12.